The number of para-hydroxylation sites is 1. The Morgan fingerprint density at radius 1 is 1.15 bits per heavy atom. The molecule has 2 N–H and O–H groups in total. The Kier molecular flexibility index (Phi) is 5.03. The largest absolute Gasteiger partial charge is 0.480 e. The number of hydrogen-bond acceptors (Lipinski definition) is 3. The van der Waals surface area contributed by atoms with Gasteiger partial charge in [0.2, 0.25) is 0 Å². The van der Waals surface area contributed by atoms with E-state index in [0.717, 1.165) is 27.9 Å². The van der Waals surface area contributed by atoms with Gasteiger partial charge in [-0.3, -0.25) is 4.79 Å². The summed E-state index contributed by atoms with van der Waals surface area (Å²) < 4.78 is 6.74. The first-order chi connectivity index (χ1) is 13.1. The average molecular weight is 430 g/mol. The van der Waals surface area contributed by atoms with Crippen LogP contribution in [0.3, 0.4) is 0 Å². The van der Waals surface area contributed by atoms with Crippen molar-refractivity contribution >= 4 is 33.6 Å². The van der Waals surface area contributed by atoms with Crippen LogP contribution in [-0.2, 0) is 11.2 Å². The third-order valence-corrected chi connectivity index (χ3v) is 5.33. The van der Waals surface area contributed by atoms with E-state index in [-0.39, 0.29) is 18.0 Å². The number of fused-ring (bicyclic) bond motifs is 1. The fourth-order valence-corrected chi connectivity index (χ4v) is 3.85. The molecule has 2 heterocycles. The number of ether oxygens (including phenoxy) is 1. The summed E-state index contributed by atoms with van der Waals surface area (Å²) >= 11 is 3.44. The molecule has 0 bridgehead atoms. The van der Waals surface area contributed by atoms with Gasteiger partial charge in [-0.2, -0.15) is 0 Å². The molecule has 0 saturated carbocycles. The van der Waals surface area contributed by atoms with Crippen molar-refractivity contribution in [1.82, 2.24) is 10.2 Å². The number of nitrogens with zero attached hydrogens (tertiary/aromatic N) is 1. The molecule has 7 heteroatoms. The lowest BCUT2D eigenvalue weighted by Crippen LogP contribution is -2.45. The van der Waals surface area contributed by atoms with Gasteiger partial charge in [-0.05, 0) is 42.3 Å². The average Bonchev–Trinajstić information content (AvgIpc) is 3.29. The Labute approximate surface area is 166 Å². The van der Waals surface area contributed by atoms with Crippen molar-refractivity contribution in [2.24, 2.45) is 0 Å². The highest BCUT2D eigenvalue weighted by molar-refractivity contribution is 9.10. The van der Waals surface area contributed by atoms with Crippen LogP contribution >= 0.6 is 15.9 Å². The zero-order chi connectivity index (χ0) is 18.8. The quantitative estimate of drug-likeness (QED) is 0.786. The highest BCUT2D eigenvalue weighted by Gasteiger charge is 2.33. The fraction of sp³-hybridized carbons (Fsp3) is 0.300. The summed E-state index contributed by atoms with van der Waals surface area (Å²) in [4.78, 5) is 26.6. The zero-order valence-corrected chi connectivity index (χ0v) is 16.2. The molecule has 0 aliphatic carbocycles. The van der Waals surface area contributed by atoms with Crippen molar-refractivity contribution in [1.29, 1.82) is 0 Å². The molecule has 2 unspecified atom stereocenters. The monoisotopic (exact) mass is 429 g/mol. The lowest BCUT2D eigenvalue weighted by Gasteiger charge is -2.19. The summed E-state index contributed by atoms with van der Waals surface area (Å²) in [6.45, 7) is 1.11. The molecule has 1 saturated heterocycles. The van der Waals surface area contributed by atoms with Crippen molar-refractivity contribution in [2.45, 2.75) is 25.0 Å². The van der Waals surface area contributed by atoms with Crippen molar-refractivity contribution < 1.29 is 14.3 Å². The number of rotatable bonds is 3. The highest BCUT2D eigenvalue weighted by atomic mass is 79.9. The number of halogens is 1. The molecule has 0 aromatic heterocycles. The summed E-state index contributed by atoms with van der Waals surface area (Å²) in [7, 11) is 0. The van der Waals surface area contributed by atoms with E-state index >= 15 is 0 Å². The van der Waals surface area contributed by atoms with E-state index in [2.05, 4.69) is 26.6 Å². The summed E-state index contributed by atoms with van der Waals surface area (Å²) in [5, 5.41) is 5.90. The number of amides is 3. The Hall–Kier alpha value is -2.54. The van der Waals surface area contributed by atoms with Gasteiger partial charge in [0, 0.05) is 35.7 Å². The molecule has 2 aliphatic rings. The first kappa shape index (κ1) is 17.9. The number of nitrogens with one attached hydrogen (secondary N) is 2. The van der Waals surface area contributed by atoms with Crippen LogP contribution in [0.5, 0.6) is 5.75 Å². The number of benzene rings is 2. The second-order valence-electron chi connectivity index (χ2n) is 6.80. The lowest BCUT2D eigenvalue weighted by molar-refractivity contribution is -0.127. The SMILES string of the molecule is O=C(NC1CCN(C(=O)Nc2ccccc2)C1)C1Cc2cc(Br)ccc2O1. The van der Waals surface area contributed by atoms with E-state index in [0.29, 0.717) is 19.5 Å². The lowest BCUT2D eigenvalue weighted by atomic mass is 10.1. The van der Waals surface area contributed by atoms with Crippen LogP contribution < -0.4 is 15.4 Å². The third kappa shape index (κ3) is 4.08. The first-order valence-electron chi connectivity index (χ1n) is 8.95. The van der Waals surface area contributed by atoms with Gasteiger partial charge < -0.3 is 20.3 Å². The molecule has 140 valence electrons. The summed E-state index contributed by atoms with van der Waals surface area (Å²) in [6, 6.07) is 14.9. The van der Waals surface area contributed by atoms with Gasteiger partial charge in [0.25, 0.3) is 5.91 Å². The first-order valence-corrected chi connectivity index (χ1v) is 9.74. The van der Waals surface area contributed by atoms with Gasteiger partial charge in [-0.1, -0.05) is 34.1 Å². The normalized spacial score (nSPS) is 20.7. The minimum absolute atomic E-state index is 0.0573. The standard InChI is InChI=1S/C20H20BrN3O3/c21-14-6-7-17-13(10-14)11-18(27-17)19(25)22-16-8-9-24(12-16)20(26)23-15-4-2-1-3-5-15/h1-7,10,16,18H,8-9,11-12H2,(H,22,25)(H,23,26). The molecule has 2 aromatic carbocycles. The van der Waals surface area contributed by atoms with Crippen LogP contribution in [0.1, 0.15) is 12.0 Å². The molecule has 6 nitrogen and oxygen atoms in total. The number of hydrogen-bond donors (Lipinski definition) is 2. The number of anilines is 1. The Balaban J connectivity index is 1.29. The van der Waals surface area contributed by atoms with Gasteiger partial charge >= 0.3 is 6.03 Å². The number of carbonyl (C=O) groups is 2. The maximum Gasteiger partial charge on any atom is 0.321 e. The minimum atomic E-state index is -0.513. The smallest absolute Gasteiger partial charge is 0.321 e. The van der Waals surface area contributed by atoms with Crippen LogP contribution in [-0.4, -0.2) is 42.1 Å². The van der Waals surface area contributed by atoms with E-state index < -0.39 is 6.10 Å². The number of likely N-dealkylation sites (tertiary alicyclic amines) is 1. The van der Waals surface area contributed by atoms with Gasteiger partial charge in [-0.25, -0.2) is 4.79 Å². The van der Waals surface area contributed by atoms with Gasteiger partial charge in [-0.15, -0.1) is 0 Å². The van der Waals surface area contributed by atoms with Crippen molar-refractivity contribution in [3.05, 3.63) is 58.6 Å². The summed E-state index contributed by atoms with van der Waals surface area (Å²) in [5.41, 5.74) is 1.79. The van der Waals surface area contributed by atoms with Crippen LogP contribution in [0.4, 0.5) is 10.5 Å². The molecule has 2 aromatic rings. The zero-order valence-electron chi connectivity index (χ0n) is 14.7. The Bertz CT molecular complexity index is 859. The molecule has 0 spiro atoms. The van der Waals surface area contributed by atoms with Crippen LogP contribution in [0.25, 0.3) is 0 Å². The van der Waals surface area contributed by atoms with Crippen molar-refractivity contribution in [3.63, 3.8) is 0 Å². The second kappa shape index (κ2) is 7.60. The molecular weight excluding hydrogens is 410 g/mol. The topological polar surface area (TPSA) is 70.7 Å². The van der Waals surface area contributed by atoms with Gasteiger partial charge in [0.15, 0.2) is 6.10 Å². The van der Waals surface area contributed by atoms with Crippen LogP contribution in [0.15, 0.2) is 53.0 Å². The van der Waals surface area contributed by atoms with Crippen LogP contribution in [0.2, 0.25) is 0 Å². The Morgan fingerprint density at radius 2 is 1.96 bits per heavy atom. The van der Waals surface area contributed by atoms with Gasteiger partial charge in [0.05, 0.1) is 0 Å². The van der Waals surface area contributed by atoms with Gasteiger partial charge in [0.1, 0.15) is 5.75 Å². The second-order valence-corrected chi connectivity index (χ2v) is 7.71. The minimum Gasteiger partial charge on any atom is -0.480 e. The highest BCUT2D eigenvalue weighted by Crippen LogP contribution is 2.31. The predicted molar refractivity (Wildman–Crippen MR) is 106 cm³/mol. The maximum atomic E-state index is 12.6. The Morgan fingerprint density at radius 3 is 2.78 bits per heavy atom. The maximum absolute atomic E-state index is 12.6. The molecule has 0 radical (unpaired) electrons. The van der Waals surface area contributed by atoms with Crippen molar-refractivity contribution in [2.75, 3.05) is 18.4 Å². The molecular formula is C20H20BrN3O3. The predicted octanol–water partition coefficient (Wildman–Crippen LogP) is 3.18. The van der Waals surface area contributed by atoms with Crippen LogP contribution in [0, 0.1) is 0 Å². The number of urea groups is 1. The molecule has 27 heavy (non-hydrogen) atoms. The number of carbonyl (C=O) groups excluding carboxylic acids is 2. The van der Waals surface area contributed by atoms with E-state index in [1.165, 1.54) is 0 Å². The third-order valence-electron chi connectivity index (χ3n) is 4.84. The summed E-state index contributed by atoms with van der Waals surface area (Å²) in [5.74, 6) is 0.631. The van der Waals surface area contributed by atoms with E-state index in [1.54, 1.807) is 4.90 Å². The van der Waals surface area contributed by atoms with Crippen molar-refractivity contribution in [3.8, 4) is 5.75 Å². The molecule has 4 rings (SSSR count). The van der Waals surface area contributed by atoms with E-state index in [9.17, 15) is 9.59 Å². The van der Waals surface area contributed by atoms with E-state index in [1.807, 2.05) is 48.5 Å². The molecule has 1 fully saturated rings. The fourth-order valence-electron chi connectivity index (χ4n) is 3.44. The molecule has 2 aliphatic heterocycles. The molecule has 3 amide bonds. The summed E-state index contributed by atoms with van der Waals surface area (Å²) in [6.07, 6.45) is 0.784. The molecule has 2 atom stereocenters. The van der Waals surface area contributed by atoms with E-state index in [4.69, 9.17) is 4.74 Å².